The van der Waals surface area contributed by atoms with Gasteiger partial charge in [0.2, 0.25) is 10.0 Å². The molecule has 0 fully saturated rings. The quantitative estimate of drug-likeness (QED) is 0.904. The molecule has 0 bridgehead atoms. The van der Waals surface area contributed by atoms with Gasteiger partial charge in [-0.25, -0.2) is 13.6 Å². The van der Waals surface area contributed by atoms with Gasteiger partial charge < -0.3 is 0 Å². The molecule has 0 spiro atoms. The van der Waals surface area contributed by atoms with E-state index in [1.54, 1.807) is 12.1 Å². The molecule has 126 valence electrons. The Balaban J connectivity index is 2.12. The van der Waals surface area contributed by atoms with Crippen molar-refractivity contribution in [2.75, 3.05) is 7.05 Å². The van der Waals surface area contributed by atoms with Crippen LogP contribution in [0.1, 0.15) is 31.9 Å². The van der Waals surface area contributed by atoms with Crippen LogP contribution in [0.3, 0.4) is 0 Å². The molecule has 0 saturated heterocycles. The van der Waals surface area contributed by atoms with Gasteiger partial charge in [0.15, 0.2) is 0 Å². The van der Waals surface area contributed by atoms with Crippen molar-refractivity contribution in [3.05, 3.63) is 47.8 Å². The normalized spacial score (nSPS) is 12.8. The van der Waals surface area contributed by atoms with E-state index in [0.29, 0.717) is 18.7 Å². The summed E-state index contributed by atoms with van der Waals surface area (Å²) >= 11 is 0. The number of rotatable bonds is 5. The molecular weight excluding hydrogens is 312 g/mol. The van der Waals surface area contributed by atoms with Gasteiger partial charge in [0, 0.05) is 24.8 Å². The van der Waals surface area contributed by atoms with Crippen molar-refractivity contribution in [3.8, 4) is 0 Å². The number of primary sulfonamides is 1. The minimum atomic E-state index is -3.71. The van der Waals surface area contributed by atoms with Crippen LogP contribution in [-0.2, 0) is 28.7 Å². The van der Waals surface area contributed by atoms with Crippen molar-refractivity contribution in [2.45, 2.75) is 44.3 Å². The number of hydrogen-bond acceptors (Lipinski definition) is 4. The molecule has 0 aliphatic carbocycles. The first-order chi connectivity index (χ1) is 10.6. The molecule has 23 heavy (non-hydrogen) atoms. The molecule has 0 atom stereocenters. The van der Waals surface area contributed by atoms with E-state index < -0.39 is 10.0 Å². The van der Waals surface area contributed by atoms with Gasteiger partial charge in [0.1, 0.15) is 0 Å². The molecule has 2 aromatic rings. The SMILES string of the molecule is CN(Cc1cnn(C(C)(C)C)c1)Cc1ccccc1S(N)(=O)=O. The van der Waals surface area contributed by atoms with Crippen LogP contribution in [-0.4, -0.2) is 30.1 Å². The van der Waals surface area contributed by atoms with Crippen LogP contribution >= 0.6 is 0 Å². The molecular formula is C16H24N4O2S. The number of sulfonamides is 1. The van der Waals surface area contributed by atoms with Crippen LogP contribution in [0, 0.1) is 0 Å². The maximum Gasteiger partial charge on any atom is 0.238 e. The smallest absolute Gasteiger partial charge is 0.238 e. The van der Waals surface area contributed by atoms with Crippen molar-refractivity contribution in [3.63, 3.8) is 0 Å². The highest BCUT2D eigenvalue weighted by Crippen LogP contribution is 2.18. The second kappa shape index (κ2) is 6.43. The second-order valence-corrected chi connectivity index (χ2v) is 8.32. The van der Waals surface area contributed by atoms with E-state index in [2.05, 4.69) is 25.9 Å². The summed E-state index contributed by atoms with van der Waals surface area (Å²) in [4.78, 5) is 2.21. The zero-order chi connectivity index (χ0) is 17.3. The summed E-state index contributed by atoms with van der Waals surface area (Å²) in [5.74, 6) is 0. The summed E-state index contributed by atoms with van der Waals surface area (Å²) in [5, 5.41) is 9.66. The maximum absolute atomic E-state index is 11.7. The molecule has 2 N–H and O–H groups in total. The van der Waals surface area contributed by atoms with Gasteiger partial charge in [-0.2, -0.15) is 5.10 Å². The number of nitrogens with two attached hydrogens (primary N) is 1. The van der Waals surface area contributed by atoms with E-state index in [4.69, 9.17) is 5.14 Å². The van der Waals surface area contributed by atoms with E-state index in [1.807, 2.05) is 35.1 Å². The average molecular weight is 336 g/mol. The van der Waals surface area contributed by atoms with E-state index in [1.165, 1.54) is 6.07 Å². The Morgan fingerprint density at radius 1 is 1.22 bits per heavy atom. The molecule has 1 heterocycles. The zero-order valence-corrected chi connectivity index (χ0v) is 14.8. The molecule has 6 nitrogen and oxygen atoms in total. The highest BCUT2D eigenvalue weighted by atomic mass is 32.2. The fraction of sp³-hybridized carbons (Fsp3) is 0.438. The molecule has 0 saturated carbocycles. The molecule has 0 aliphatic rings. The largest absolute Gasteiger partial charge is 0.298 e. The number of hydrogen-bond donors (Lipinski definition) is 1. The lowest BCUT2D eigenvalue weighted by molar-refractivity contribution is 0.315. The highest BCUT2D eigenvalue weighted by Gasteiger charge is 2.16. The van der Waals surface area contributed by atoms with Crippen LogP contribution in [0.15, 0.2) is 41.6 Å². The maximum atomic E-state index is 11.7. The molecule has 0 amide bonds. The Bertz CT molecular complexity index is 775. The van der Waals surface area contributed by atoms with Crippen LogP contribution in [0.5, 0.6) is 0 Å². The molecule has 7 heteroatoms. The van der Waals surface area contributed by atoms with Gasteiger partial charge in [0.05, 0.1) is 16.6 Å². The minimum absolute atomic E-state index is 0.0585. The topological polar surface area (TPSA) is 81.2 Å². The Morgan fingerprint density at radius 2 is 1.87 bits per heavy atom. The molecule has 0 unspecified atom stereocenters. The first kappa shape index (κ1) is 17.7. The van der Waals surface area contributed by atoms with Crippen molar-refractivity contribution in [1.29, 1.82) is 0 Å². The summed E-state index contributed by atoms with van der Waals surface area (Å²) in [6, 6.07) is 6.82. The lowest BCUT2D eigenvalue weighted by Gasteiger charge is -2.19. The van der Waals surface area contributed by atoms with E-state index in [9.17, 15) is 8.42 Å². The monoisotopic (exact) mass is 336 g/mol. The molecule has 0 aliphatic heterocycles. The molecule has 1 aromatic carbocycles. The lowest BCUT2D eigenvalue weighted by atomic mass is 10.1. The number of aromatic nitrogens is 2. The predicted molar refractivity (Wildman–Crippen MR) is 90.2 cm³/mol. The third-order valence-electron chi connectivity index (χ3n) is 3.50. The Hall–Kier alpha value is -1.70. The lowest BCUT2D eigenvalue weighted by Crippen LogP contribution is -2.22. The Kier molecular flexibility index (Phi) is 4.93. The summed E-state index contributed by atoms with van der Waals surface area (Å²) in [5.41, 5.74) is 1.72. The van der Waals surface area contributed by atoms with Crippen LogP contribution in [0.25, 0.3) is 0 Å². The van der Waals surface area contributed by atoms with Gasteiger partial charge in [-0.15, -0.1) is 0 Å². The molecule has 1 aromatic heterocycles. The fourth-order valence-electron chi connectivity index (χ4n) is 2.38. The van der Waals surface area contributed by atoms with Gasteiger partial charge in [-0.05, 0) is 39.4 Å². The number of nitrogens with zero attached hydrogens (tertiary/aromatic N) is 3. The summed E-state index contributed by atoms with van der Waals surface area (Å²) in [7, 11) is -1.77. The fourth-order valence-corrected chi connectivity index (χ4v) is 3.15. The van der Waals surface area contributed by atoms with Crippen molar-refractivity contribution >= 4 is 10.0 Å². The summed E-state index contributed by atoms with van der Waals surface area (Å²) < 4.78 is 25.2. The number of benzene rings is 1. The minimum Gasteiger partial charge on any atom is -0.298 e. The summed E-state index contributed by atoms with van der Waals surface area (Å²) in [6.45, 7) is 7.45. The van der Waals surface area contributed by atoms with Gasteiger partial charge in [-0.1, -0.05) is 18.2 Å². The molecule has 2 rings (SSSR count). The second-order valence-electron chi connectivity index (χ2n) is 6.79. The Labute approximate surface area is 138 Å². The van der Waals surface area contributed by atoms with Crippen LogP contribution < -0.4 is 5.14 Å². The first-order valence-corrected chi connectivity index (χ1v) is 8.95. The van der Waals surface area contributed by atoms with Crippen LogP contribution in [0.4, 0.5) is 0 Å². The van der Waals surface area contributed by atoms with Crippen molar-refractivity contribution < 1.29 is 8.42 Å². The van der Waals surface area contributed by atoms with Crippen molar-refractivity contribution in [2.24, 2.45) is 5.14 Å². The third-order valence-corrected chi connectivity index (χ3v) is 4.51. The van der Waals surface area contributed by atoms with Gasteiger partial charge in [0.25, 0.3) is 0 Å². The standard InChI is InChI=1S/C16H24N4O2S/c1-16(2,3)20-11-13(9-18-20)10-19(4)12-14-7-5-6-8-15(14)23(17,21)22/h5-9,11H,10,12H2,1-4H3,(H2,17,21,22). The van der Waals surface area contributed by atoms with Gasteiger partial charge >= 0.3 is 0 Å². The zero-order valence-electron chi connectivity index (χ0n) is 14.0. The van der Waals surface area contributed by atoms with E-state index in [0.717, 1.165) is 5.56 Å². The molecule has 0 radical (unpaired) electrons. The van der Waals surface area contributed by atoms with Crippen molar-refractivity contribution in [1.82, 2.24) is 14.7 Å². The van der Waals surface area contributed by atoms with E-state index >= 15 is 0 Å². The predicted octanol–water partition coefficient (Wildman–Crippen LogP) is 1.92. The third kappa shape index (κ3) is 4.63. The first-order valence-electron chi connectivity index (χ1n) is 7.40. The average Bonchev–Trinajstić information content (AvgIpc) is 2.86. The summed E-state index contributed by atoms with van der Waals surface area (Å²) in [6.07, 6.45) is 3.86. The van der Waals surface area contributed by atoms with Crippen LogP contribution in [0.2, 0.25) is 0 Å². The Morgan fingerprint density at radius 3 is 2.43 bits per heavy atom. The van der Waals surface area contributed by atoms with E-state index in [-0.39, 0.29) is 10.4 Å². The highest BCUT2D eigenvalue weighted by molar-refractivity contribution is 7.89. The van der Waals surface area contributed by atoms with Gasteiger partial charge in [-0.3, -0.25) is 9.58 Å².